The van der Waals surface area contributed by atoms with Gasteiger partial charge < -0.3 is 10.2 Å². The second kappa shape index (κ2) is 7.06. The highest BCUT2D eigenvalue weighted by atomic mass is 19.4. The van der Waals surface area contributed by atoms with Gasteiger partial charge in [-0.3, -0.25) is 9.59 Å². The van der Waals surface area contributed by atoms with Gasteiger partial charge in [0, 0.05) is 24.3 Å². The molecule has 7 heteroatoms. The normalized spacial score (nSPS) is 17.3. The molecule has 1 saturated heterocycles. The number of nitrogens with one attached hydrogen (secondary N) is 1. The maximum atomic E-state index is 12.8. The molecule has 0 saturated carbocycles. The van der Waals surface area contributed by atoms with E-state index in [-0.39, 0.29) is 24.6 Å². The Balaban J connectivity index is 1.75. The molecule has 0 radical (unpaired) electrons. The molecule has 2 aromatic carbocycles. The zero-order valence-corrected chi connectivity index (χ0v) is 14.9. The summed E-state index contributed by atoms with van der Waals surface area (Å²) in [5, 5.41) is 2.50. The lowest BCUT2D eigenvalue weighted by molar-refractivity contribution is -0.137. The van der Waals surface area contributed by atoms with Crippen molar-refractivity contribution in [2.45, 2.75) is 26.4 Å². The Morgan fingerprint density at radius 3 is 2.37 bits per heavy atom. The largest absolute Gasteiger partial charge is 0.416 e. The number of benzene rings is 2. The summed E-state index contributed by atoms with van der Waals surface area (Å²) in [6.45, 7) is 3.99. The van der Waals surface area contributed by atoms with Crippen LogP contribution in [0.25, 0.3) is 0 Å². The zero-order valence-electron chi connectivity index (χ0n) is 14.9. The lowest BCUT2D eigenvalue weighted by Gasteiger charge is -2.21. The molecule has 4 nitrogen and oxygen atoms in total. The van der Waals surface area contributed by atoms with Gasteiger partial charge in [-0.25, -0.2) is 0 Å². The summed E-state index contributed by atoms with van der Waals surface area (Å²) in [4.78, 5) is 26.5. The average molecular weight is 376 g/mol. The lowest BCUT2D eigenvalue weighted by atomic mass is 10.1. The molecule has 142 valence electrons. The van der Waals surface area contributed by atoms with Crippen LogP contribution in [-0.2, 0) is 15.8 Å². The first-order chi connectivity index (χ1) is 12.7. The molecule has 1 fully saturated rings. The molecule has 2 amide bonds. The van der Waals surface area contributed by atoms with Gasteiger partial charge in [0.05, 0.1) is 11.5 Å². The number of hydrogen-bond acceptors (Lipinski definition) is 2. The first-order valence-corrected chi connectivity index (χ1v) is 8.51. The Morgan fingerprint density at radius 2 is 1.74 bits per heavy atom. The van der Waals surface area contributed by atoms with Gasteiger partial charge >= 0.3 is 6.18 Å². The Hall–Kier alpha value is -2.83. The minimum atomic E-state index is -4.48. The molecule has 1 atom stereocenters. The van der Waals surface area contributed by atoms with E-state index in [0.717, 1.165) is 28.9 Å². The summed E-state index contributed by atoms with van der Waals surface area (Å²) in [6.07, 6.45) is -4.46. The summed E-state index contributed by atoms with van der Waals surface area (Å²) in [5.74, 6) is -1.25. The fourth-order valence-corrected chi connectivity index (χ4v) is 3.35. The molecule has 3 rings (SSSR count). The number of amides is 2. The molecular formula is C20H19F3N2O2. The van der Waals surface area contributed by atoms with Gasteiger partial charge in [0.1, 0.15) is 0 Å². The van der Waals surface area contributed by atoms with Crippen molar-refractivity contribution in [3.05, 3.63) is 59.2 Å². The number of alkyl halides is 3. The van der Waals surface area contributed by atoms with Crippen molar-refractivity contribution in [1.29, 1.82) is 0 Å². The summed E-state index contributed by atoms with van der Waals surface area (Å²) in [5.41, 5.74) is 1.88. The van der Waals surface area contributed by atoms with Crippen LogP contribution in [0.3, 0.4) is 0 Å². The molecule has 2 aromatic rings. The van der Waals surface area contributed by atoms with E-state index in [1.165, 1.54) is 12.1 Å². The zero-order chi connectivity index (χ0) is 19.8. The first-order valence-electron chi connectivity index (χ1n) is 8.51. The van der Waals surface area contributed by atoms with E-state index in [2.05, 4.69) is 5.32 Å². The van der Waals surface area contributed by atoms with Crippen LogP contribution in [0.4, 0.5) is 24.5 Å². The van der Waals surface area contributed by atoms with Crippen LogP contribution < -0.4 is 10.2 Å². The molecule has 0 aliphatic carbocycles. The minimum absolute atomic E-state index is 0.0264. The van der Waals surface area contributed by atoms with Crippen molar-refractivity contribution in [3.8, 4) is 0 Å². The van der Waals surface area contributed by atoms with Gasteiger partial charge in [0.2, 0.25) is 11.8 Å². The molecule has 1 aliphatic heterocycles. The van der Waals surface area contributed by atoms with Crippen LogP contribution in [0.15, 0.2) is 42.5 Å². The smallest absolute Gasteiger partial charge is 0.326 e. The third kappa shape index (κ3) is 3.97. The van der Waals surface area contributed by atoms with E-state index in [9.17, 15) is 22.8 Å². The van der Waals surface area contributed by atoms with Crippen LogP contribution in [0.2, 0.25) is 0 Å². The number of para-hydroxylation sites is 1. The number of carbonyl (C=O) groups excluding carboxylic acids is 2. The highest BCUT2D eigenvalue weighted by Crippen LogP contribution is 2.33. The van der Waals surface area contributed by atoms with Crippen LogP contribution in [-0.4, -0.2) is 18.4 Å². The predicted octanol–water partition coefficient (Wildman–Crippen LogP) is 4.31. The van der Waals surface area contributed by atoms with Crippen molar-refractivity contribution < 1.29 is 22.8 Å². The highest BCUT2D eigenvalue weighted by Gasteiger charge is 2.36. The summed E-state index contributed by atoms with van der Waals surface area (Å²) in [7, 11) is 0. The number of rotatable bonds is 3. The Morgan fingerprint density at radius 1 is 1.11 bits per heavy atom. The molecule has 0 spiro atoms. The van der Waals surface area contributed by atoms with E-state index in [4.69, 9.17) is 0 Å². The van der Waals surface area contributed by atoms with Crippen LogP contribution in [0, 0.1) is 19.8 Å². The number of aryl methyl sites for hydroxylation is 2. The topological polar surface area (TPSA) is 49.4 Å². The Kier molecular flexibility index (Phi) is 4.95. The number of carbonyl (C=O) groups is 2. The number of nitrogens with zero attached hydrogens (tertiary/aromatic N) is 1. The van der Waals surface area contributed by atoms with E-state index in [0.29, 0.717) is 0 Å². The molecule has 0 bridgehead atoms. The van der Waals surface area contributed by atoms with Crippen LogP contribution >= 0.6 is 0 Å². The molecular weight excluding hydrogens is 357 g/mol. The second-order valence-corrected chi connectivity index (χ2v) is 6.71. The number of hydrogen-bond donors (Lipinski definition) is 1. The predicted molar refractivity (Wildman–Crippen MR) is 96.4 cm³/mol. The van der Waals surface area contributed by atoms with Crippen molar-refractivity contribution >= 4 is 23.2 Å². The summed E-state index contributed by atoms with van der Waals surface area (Å²) < 4.78 is 38.4. The first kappa shape index (κ1) is 18.9. The number of halogens is 3. The van der Waals surface area contributed by atoms with E-state index in [1.54, 1.807) is 4.90 Å². The fourth-order valence-electron chi connectivity index (χ4n) is 3.35. The molecule has 27 heavy (non-hydrogen) atoms. The lowest BCUT2D eigenvalue weighted by Crippen LogP contribution is -2.29. The van der Waals surface area contributed by atoms with Gasteiger partial charge in [-0.1, -0.05) is 24.3 Å². The molecule has 1 N–H and O–H groups in total. The third-order valence-electron chi connectivity index (χ3n) is 4.66. The van der Waals surface area contributed by atoms with Gasteiger partial charge in [0.25, 0.3) is 0 Å². The van der Waals surface area contributed by atoms with Crippen molar-refractivity contribution in [3.63, 3.8) is 0 Å². The fraction of sp³-hybridized carbons (Fsp3) is 0.300. The van der Waals surface area contributed by atoms with Gasteiger partial charge in [-0.15, -0.1) is 0 Å². The standard InChI is InChI=1S/C20H19F3N2O2/c1-12-5-3-6-13(2)18(12)25-11-14(9-17(25)26)19(27)24-16-8-4-7-15(10-16)20(21,22)23/h3-8,10,14H,9,11H2,1-2H3,(H,24,27). The maximum absolute atomic E-state index is 12.8. The van der Waals surface area contributed by atoms with Crippen molar-refractivity contribution in [1.82, 2.24) is 0 Å². The van der Waals surface area contributed by atoms with E-state index in [1.807, 2.05) is 32.0 Å². The van der Waals surface area contributed by atoms with E-state index < -0.39 is 23.6 Å². The van der Waals surface area contributed by atoms with Gasteiger partial charge in [-0.2, -0.15) is 13.2 Å². The van der Waals surface area contributed by atoms with E-state index >= 15 is 0 Å². The monoisotopic (exact) mass is 376 g/mol. The van der Waals surface area contributed by atoms with Crippen LogP contribution in [0.5, 0.6) is 0 Å². The minimum Gasteiger partial charge on any atom is -0.326 e. The Labute approximate surface area is 155 Å². The van der Waals surface area contributed by atoms with Crippen molar-refractivity contribution in [2.24, 2.45) is 5.92 Å². The molecule has 1 heterocycles. The summed E-state index contributed by atoms with van der Waals surface area (Å²) >= 11 is 0. The van der Waals surface area contributed by atoms with Crippen molar-refractivity contribution in [2.75, 3.05) is 16.8 Å². The molecule has 1 unspecified atom stereocenters. The van der Waals surface area contributed by atoms with Crippen LogP contribution in [0.1, 0.15) is 23.1 Å². The SMILES string of the molecule is Cc1cccc(C)c1N1CC(C(=O)Nc2cccc(C(F)(F)F)c2)CC1=O. The third-order valence-corrected chi connectivity index (χ3v) is 4.66. The van der Waals surface area contributed by atoms with Gasteiger partial charge in [-0.05, 0) is 43.2 Å². The number of anilines is 2. The molecule has 0 aromatic heterocycles. The highest BCUT2D eigenvalue weighted by molar-refractivity contribution is 6.04. The quantitative estimate of drug-likeness (QED) is 0.868. The summed E-state index contributed by atoms with van der Waals surface area (Å²) in [6, 6.07) is 10.1. The molecule has 1 aliphatic rings. The Bertz CT molecular complexity index is 873. The maximum Gasteiger partial charge on any atom is 0.416 e. The van der Waals surface area contributed by atoms with Gasteiger partial charge in [0.15, 0.2) is 0 Å². The second-order valence-electron chi connectivity index (χ2n) is 6.71. The average Bonchev–Trinajstić information content (AvgIpc) is 2.96.